The monoisotopic (exact) mass is 334 g/mol. The number of Topliss-reactive ketones (excluding diaryl/α,β-unsaturated/α-hetero) is 1. The molecule has 0 fully saturated rings. The highest BCUT2D eigenvalue weighted by Crippen LogP contribution is 2.26. The molecule has 2 rings (SSSR count). The Hall–Kier alpha value is -1.81. The first-order chi connectivity index (χ1) is 9.70. The van der Waals surface area contributed by atoms with E-state index in [-0.39, 0.29) is 12.4 Å². The smallest absolute Gasteiger partial charge is 0.200 e. The number of ketones is 1. The summed E-state index contributed by atoms with van der Waals surface area (Å²) in [5.41, 5.74) is 0.619. The molecule has 0 N–H and O–H groups in total. The van der Waals surface area contributed by atoms with Gasteiger partial charge in [-0.15, -0.1) is 0 Å². The van der Waals surface area contributed by atoms with Crippen LogP contribution in [-0.4, -0.2) is 19.0 Å². The van der Waals surface area contributed by atoms with Crippen molar-refractivity contribution < 1.29 is 14.3 Å². The van der Waals surface area contributed by atoms with E-state index in [1.807, 2.05) is 37.3 Å². The molecule has 0 unspecified atom stereocenters. The highest BCUT2D eigenvalue weighted by atomic mass is 79.9. The molecule has 0 atom stereocenters. The Morgan fingerprint density at radius 1 is 1.05 bits per heavy atom. The van der Waals surface area contributed by atoms with Crippen LogP contribution in [0.4, 0.5) is 0 Å². The zero-order valence-corrected chi connectivity index (χ0v) is 12.7. The van der Waals surface area contributed by atoms with E-state index in [2.05, 4.69) is 15.9 Å². The summed E-state index contributed by atoms with van der Waals surface area (Å²) < 4.78 is 11.9. The number of para-hydroxylation sites is 2. The van der Waals surface area contributed by atoms with Crippen molar-refractivity contribution in [2.45, 2.75) is 6.92 Å². The maximum absolute atomic E-state index is 12.1. The molecule has 3 nitrogen and oxygen atoms in total. The van der Waals surface area contributed by atoms with E-state index in [0.29, 0.717) is 23.7 Å². The number of benzene rings is 2. The predicted molar refractivity (Wildman–Crippen MR) is 81.6 cm³/mol. The van der Waals surface area contributed by atoms with E-state index in [1.165, 1.54) is 0 Å². The Morgan fingerprint density at radius 3 is 2.40 bits per heavy atom. The highest BCUT2D eigenvalue weighted by Gasteiger charge is 2.09. The average Bonchev–Trinajstić information content (AvgIpc) is 2.46. The maximum Gasteiger partial charge on any atom is 0.200 e. The molecule has 0 heterocycles. The minimum atomic E-state index is -0.0717. The SMILES string of the molecule is CCOc1ccccc1OCC(=O)c1cccc(Br)c1. The number of halogens is 1. The van der Waals surface area contributed by atoms with E-state index in [4.69, 9.17) is 9.47 Å². The van der Waals surface area contributed by atoms with Gasteiger partial charge in [-0.3, -0.25) is 4.79 Å². The number of hydrogen-bond acceptors (Lipinski definition) is 3. The normalized spacial score (nSPS) is 10.1. The average molecular weight is 335 g/mol. The zero-order chi connectivity index (χ0) is 14.4. The molecule has 20 heavy (non-hydrogen) atoms. The van der Waals surface area contributed by atoms with Gasteiger partial charge in [-0.05, 0) is 31.2 Å². The molecule has 0 aliphatic carbocycles. The Kier molecular flexibility index (Phi) is 5.18. The van der Waals surface area contributed by atoms with Crippen LogP contribution in [0, 0.1) is 0 Å². The predicted octanol–water partition coefficient (Wildman–Crippen LogP) is 4.11. The Morgan fingerprint density at radius 2 is 1.75 bits per heavy atom. The lowest BCUT2D eigenvalue weighted by molar-refractivity contribution is 0.0919. The van der Waals surface area contributed by atoms with Crippen molar-refractivity contribution >= 4 is 21.7 Å². The van der Waals surface area contributed by atoms with Crippen LogP contribution in [0.3, 0.4) is 0 Å². The highest BCUT2D eigenvalue weighted by molar-refractivity contribution is 9.10. The lowest BCUT2D eigenvalue weighted by Gasteiger charge is -2.11. The summed E-state index contributed by atoms with van der Waals surface area (Å²) >= 11 is 3.35. The molecule has 0 bridgehead atoms. The van der Waals surface area contributed by atoms with Crippen LogP contribution in [0.5, 0.6) is 11.5 Å². The summed E-state index contributed by atoms with van der Waals surface area (Å²) in [6.07, 6.45) is 0. The van der Waals surface area contributed by atoms with Gasteiger partial charge in [-0.2, -0.15) is 0 Å². The van der Waals surface area contributed by atoms with Crippen molar-refractivity contribution in [3.63, 3.8) is 0 Å². The second-order valence-electron chi connectivity index (χ2n) is 4.10. The van der Waals surface area contributed by atoms with Gasteiger partial charge in [0.05, 0.1) is 6.61 Å². The van der Waals surface area contributed by atoms with Crippen molar-refractivity contribution in [2.24, 2.45) is 0 Å². The fourth-order valence-electron chi connectivity index (χ4n) is 1.73. The lowest BCUT2D eigenvalue weighted by Crippen LogP contribution is -2.12. The molecule has 0 amide bonds. The molecule has 2 aromatic carbocycles. The van der Waals surface area contributed by atoms with E-state index in [0.717, 1.165) is 4.47 Å². The molecule has 4 heteroatoms. The number of ether oxygens (including phenoxy) is 2. The lowest BCUT2D eigenvalue weighted by atomic mass is 10.1. The number of carbonyl (C=O) groups is 1. The summed E-state index contributed by atoms with van der Waals surface area (Å²) in [4.78, 5) is 12.1. The fourth-order valence-corrected chi connectivity index (χ4v) is 2.13. The van der Waals surface area contributed by atoms with Gasteiger partial charge >= 0.3 is 0 Å². The van der Waals surface area contributed by atoms with Crippen LogP contribution in [0.1, 0.15) is 17.3 Å². The standard InChI is InChI=1S/C16H15BrO3/c1-2-19-15-8-3-4-9-16(15)20-11-14(18)12-6-5-7-13(17)10-12/h3-10H,2,11H2,1H3. The molecule has 104 valence electrons. The molecule has 2 aromatic rings. The first-order valence-electron chi connectivity index (χ1n) is 6.34. The van der Waals surface area contributed by atoms with Crippen molar-refractivity contribution in [3.05, 3.63) is 58.6 Å². The third kappa shape index (κ3) is 3.84. The van der Waals surface area contributed by atoms with E-state index in [9.17, 15) is 4.79 Å². The van der Waals surface area contributed by atoms with Crippen molar-refractivity contribution in [1.82, 2.24) is 0 Å². The first-order valence-corrected chi connectivity index (χ1v) is 7.13. The van der Waals surface area contributed by atoms with Gasteiger partial charge in [0, 0.05) is 10.0 Å². The topological polar surface area (TPSA) is 35.5 Å². The van der Waals surface area contributed by atoms with Gasteiger partial charge in [0.15, 0.2) is 23.9 Å². The Balaban J connectivity index is 2.03. The molecule has 0 aromatic heterocycles. The van der Waals surface area contributed by atoms with Crippen molar-refractivity contribution in [3.8, 4) is 11.5 Å². The van der Waals surface area contributed by atoms with E-state index < -0.39 is 0 Å². The van der Waals surface area contributed by atoms with Crippen LogP contribution in [0.15, 0.2) is 53.0 Å². The minimum absolute atomic E-state index is 0.0134. The Bertz CT molecular complexity index is 596. The molecular formula is C16H15BrO3. The van der Waals surface area contributed by atoms with Gasteiger partial charge in [0.25, 0.3) is 0 Å². The number of carbonyl (C=O) groups excluding carboxylic acids is 1. The maximum atomic E-state index is 12.1. The van der Waals surface area contributed by atoms with Crippen molar-refractivity contribution in [1.29, 1.82) is 0 Å². The second kappa shape index (κ2) is 7.10. The van der Waals surface area contributed by atoms with Crippen LogP contribution < -0.4 is 9.47 Å². The van der Waals surface area contributed by atoms with Crippen LogP contribution in [0.2, 0.25) is 0 Å². The summed E-state index contributed by atoms with van der Waals surface area (Å²) in [6.45, 7) is 2.45. The van der Waals surface area contributed by atoms with Crippen molar-refractivity contribution in [2.75, 3.05) is 13.2 Å². The van der Waals surface area contributed by atoms with E-state index in [1.54, 1.807) is 18.2 Å². The van der Waals surface area contributed by atoms with Gasteiger partial charge in [-0.25, -0.2) is 0 Å². The number of rotatable bonds is 6. The van der Waals surface area contributed by atoms with Gasteiger partial charge in [-0.1, -0.05) is 40.2 Å². The fraction of sp³-hybridized carbons (Fsp3) is 0.188. The summed E-state index contributed by atoms with van der Waals surface area (Å²) in [5, 5.41) is 0. The number of hydrogen-bond donors (Lipinski definition) is 0. The van der Waals surface area contributed by atoms with Gasteiger partial charge < -0.3 is 9.47 Å². The quantitative estimate of drug-likeness (QED) is 0.746. The molecular weight excluding hydrogens is 320 g/mol. The third-order valence-electron chi connectivity index (χ3n) is 2.65. The van der Waals surface area contributed by atoms with Gasteiger partial charge in [0.1, 0.15) is 0 Å². The van der Waals surface area contributed by atoms with Crippen LogP contribution in [0.25, 0.3) is 0 Å². The molecule has 0 spiro atoms. The first kappa shape index (κ1) is 14.6. The molecule has 0 saturated heterocycles. The second-order valence-corrected chi connectivity index (χ2v) is 5.02. The molecule has 0 aliphatic rings. The summed E-state index contributed by atoms with van der Waals surface area (Å²) in [5.74, 6) is 1.16. The third-order valence-corrected chi connectivity index (χ3v) is 3.15. The summed E-state index contributed by atoms with van der Waals surface area (Å²) in [6, 6.07) is 14.6. The zero-order valence-electron chi connectivity index (χ0n) is 11.1. The Labute approximate surface area is 126 Å². The molecule has 0 aliphatic heterocycles. The summed E-state index contributed by atoms with van der Waals surface area (Å²) in [7, 11) is 0. The molecule has 0 radical (unpaired) electrons. The largest absolute Gasteiger partial charge is 0.490 e. The molecule has 0 saturated carbocycles. The van der Waals surface area contributed by atoms with Crippen LogP contribution in [-0.2, 0) is 0 Å². The van der Waals surface area contributed by atoms with Gasteiger partial charge in [0.2, 0.25) is 0 Å². The van der Waals surface area contributed by atoms with E-state index >= 15 is 0 Å². The minimum Gasteiger partial charge on any atom is -0.490 e. The van der Waals surface area contributed by atoms with Crippen LogP contribution >= 0.6 is 15.9 Å².